The molecule has 1 unspecified atom stereocenters. The average molecular weight is 500 g/mol. The third kappa shape index (κ3) is 4.06. The molecular formula is C27H25N5O3S. The second-order valence-electron chi connectivity index (χ2n) is 8.98. The number of urea groups is 1. The molecule has 0 bridgehead atoms. The van der Waals surface area contributed by atoms with E-state index in [2.05, 4.69) is 20.9 Å². The van der Waals surface area contributed by atoms with E-state index >= 15 is 0 Å². The number of para-hydroxylation sites is 1. The van der Waals surface area contributed by atoms with Gasteiger partial charge in [0, 0.05) is 12.7 Å². The van der Waals surface area contributed by atoms with Gasteiger partial charge < -0.3 is 20.7 Å². The molecule has 4 heterocycles. The smallest absolute Gasteiger partial charge is 0.331 e. The first-order chi connectivity index (χ1) is 17.6. The van der Waals surface area contributed by atoms with Gasteiger partial charge in [0.25, 0.3) is 0 Å². The number of hydrogen-bond acceptors (Lipinski definition) is 6. The van der Waals surface area contributed by atoms with Crippen molar-refractivity contribution in [3.05, 3.63) is 66.4 Å². The number of aryl methyl sites for hydroxylation is 1. The number of aromatic nitrogens is 1. The van der Waals surface area contributed by atoms with Crippen LogP contribution in [0, 0.1) is 12.8 Å². The van der Waals surface area contributed by atoms with Crippen molar-refractivity contribution in [2.45, 2.75) is 19.8 Å². The molecule has 3 amide bonds. The van der Waals surface area contributed by atoms with E-state index in [0.717, 1.165) is 52.3 Å². The fourth-order valence-corrected chi connectivity index (χ4v) is 5.79. The van der Waals surface area contributed by atoms with Crippen molar-refractivity contribution in [3.8, 4) is 11.5 Å². The third-order valence-corrected chi connectivity index (χ3v) is 7.55. The standard InChI is InChI=1S/C27H25N5O3S/c1-16-14-19(35-18-7-3-2-4-8-18)9-10-20(16)32-21-11-13-29-25-22(21)23(30-27(32)34)26(36-25)31-24(33)17-6-5-12-28-15-17/h2-4,7-11,13-14,17,28H,5-6,12,15H2,1H3,(H,30,34)(H,31,33). The van der Waals surface area contributed by atoms with Crippen molar-refractivity contribution < 1.29 is 14.3 Å². The van der Waals surface area contributed by atoms with E-state index in [0.29, 0.717) is 23.0 Å². The molecule has 0 spiro atoms. The highest BCUT2D eigenvalue weighted by molar-refractivity contribution is 7.23. The summed E-state index contributed by atoms with van der Waals surface area (Å²) in [6.45, 7) is 3.56. The molecule has 36 heavy (non-hydrogen) atoms. The highest BCUT2D eigenvalue weighted by Gasteiger charge is 2.33. The molecule has 9 heteroatoms. The molecule has 8 nitrogen and oxygen atoms in total. The first-order valence-corrected chi connectivity index (χ1v) is 12.8. The Morgan fingerprint density at radius 1 is 1.14 bits per heavy atom. The van der Waals surface area contributed by atoms with E-state index in [1.54, 1.807) is 11.1 Å². The predicted molar refractivity (Wildman–Crippen MR) is 143 cm³/mol. The monoisotopic (exact) mass is 499 g/mol. The molecule has 0 radical (unpaired) electrons. The zero-order chi connectivity index (χ0) is 24.6. The van der Waals surface area contributed by atoms with Crippen LogP contribution >= 0.6 is 11.3 Å². The van der Waals surface area contributed by atoms with Crippen molar-refractivity contribution in [2.24, 2.45) is 5.92 Å². The maximum Gasteiger partial charge on any atom is 0.331 e. The van der Waals surface area contributed by atoms with Gasteiger partial charge in [-0.1, -0.05) is 29.5 Å². The minimum atomic E-state index is -0.289. The number of rotatable bonds is 5. The van der Waals surface area contributed by atoms with Crippen molar-refractivity contribution in [2.75, 3.05) is 28.6 Å². The molecular weight excluding hydrogens is 474 g/mol. The van der Waals surface area contributed by atoms with Crippen molar-refractivity contribution in [3.63, 3.8) is 0 Å². The summed E-state index contributed by atoms with van der Waals surface area (Å²) in [6, 6.07) is 16.8. The topological polar surface area (TPSA) is 95.6 Å². The Morgan fingerprint density at radius 2 is 2.00 bits per heavy atom. The molecule has 0 aliphatic carbocycles. The van der Waals surface area contributed by atoms with Crippen LogP contribution in [0.15, 0.2) is 60.8 Å². The summed E-state index contributed by atoms with van der Waals surface area (Å²) < 4.78 is 5.96. The number of ether oxygens (including phenoxy) is 1. The van der Waals surface area contributed by atoms with Gasteiger partial charge in [0.15, 0.2) is 0 Å². The number of anilines is 4. The summed E-state index contributed by atoms with van der Waals surface area (Å²) in [7, 11) is 0. The predicted octanol–water partition coefficient (Wildman–Crippen LogP) is 6.02. The van der Waals surface area contributed by atoms with Gasteiger partial charge in [-0.3, -0.25) is 9.69 Å². The highest BCUT2D eigenvalue weighted by Crippen LogP contribution is 2.49. The lowest BCUT2D eigenvalue weighted by Gasteiger charge is -2.30. The Morgan fingerprint density at radius 3 is 2.78 bits per heavy atom. The van der Waals surface area contributed by atoms with Crippen LogP contribution in [0.3, 0.4) is 0 Å². The zero-order valence-corrected chi connectivity index (χ0v) is 20.5. The molecule has 2 aromatic heterocycles. The summed E-state index contributed by atoms with van der Waals surface area (Å²) in [5, 5.41) is 10.8. The fourth-order valence-electron chi connectivity index (χ4n) is 4.77. The number of carbonyl (C=O) groups excluding carboxylic acids is 2. The van der Waals surface area contributed by atoms with Crippen molar-refractivity contribution >= 4 is 55.6 Å². The SMILES string of the molecule is Cc1cc(Oc2ccccc2)ccc1N1C(=O)Nc2c(NC(=O)C3CCCNC3)sc3nccc1c23. The van der Waals surface area contributed by atoms with E-state index in [9.17, 15) is 9.59 Å². The lowest BCUT2D eigenvalue weighted by Crippen LogP contribution is -2.37. The Bertz CT molecular complexity index is 1460. The zero-order valence-electron chi connectivity index (χ0n) is 19.7. The average Bonchev–Trinajstić information content (AvgIpc) is 3.24. The lowest BCUT2D eigenvalue weighted by atomic mass is 9.99. The molecule has 2 aromatic carbocycles. The molecule has 4 aromatic rings. The van der Waals surface area contributed by atoms with E-state index in [1.165, 1.54) is 11.3 Å². The van der Waals surface area contributed by atoms with Gasteiger partial charge in [-0.25, -0.2) is 9.78 Å². The summed E-state index contributed by atoms with van der Waals surface area (Å²) in [4.78, 5) is 33.2. The van der Waals surface area contributed by atoms with Crippen molar-refractivity contribution in [1.29, 1.82) is 0 Å². The third-order valence-electron chi connectivity index (χ3n) is 6.54. The van der Waals surface area contributed by atoms with Crippen LogP contribution in [0.1, 0.15) is 18.4 Å². The largest absolute Gasteiger partial charge is 0.457 e. The maximum absolute atomic E-state index is 13.4. The summed E-state index contributed by atoms with van der Waals surface area (Å²) in [5.41, 5.74) is 2.98. The van der Waals surface area contributed by atoms with Gasteiger partial charge in [0.2, 0.25) is 5.91 Å². The Balaban J connectivity index is 1.33. The second-order valence-corrected chi connectivity index (χ2v) is 9.98. The van der Waals surface area contributed by atoms with Gasteiger partial charge in [0.05, 0.1) is 28.4 Å². The van der Waals surface area contributed by atoms with Crippen LogP contribution in [0.5, 0.6) is 11.5 Å². The number of piperidine rings is 1. The van der Waals surface area contributed by atoms with Crippen LogP contribution < -0.4 is 25.6 Å². The number of nitrogens with one attached hydrogen (secondary N) is 3. The number of carbonyl (C=O) groups is 2. The maximum atomic E-state index is 13.4. The molecule has 2 aliphatic heterocycles. The minimum Gasteiger partial charge on any atom is -0.457 e. The Kier molecular flexibility index (Phi) is 5.79. The Labute approximate surface area is 212 Å². The quantitative estimate of drug-likeness (QED) is 0.312. The highest BCUT2D eigenvalue weighted by atomic mass is 32.1. The molecule has 182 valence electrons. The molecule has 1 saturated heterocycles. The molecule has 3 N–H and O–H groups in total. The summed E-state index contributed by atoms with van der Waals surface area (Å²) in [5.74, 6) is 1.32. The fraction of sp³-hybridized carbons (Fsp3) is 0.222. The summed E-state index contributed by atoms with van der Waals surface area (Å²) >= 11 is 1.38. The summed E-state index contributed by atoms with van der Waals surface area (Å²) in [6.07, 6.45) is 3.53. The van der Waals surface area contributed by atoms with Gasteiger partial charge in [0.1, 0.15) is 21.3 Å². The van der Waals surface area contributed by atoms with Gasteiger partial charge in [-0.2, -0.15) is 0 Å². The molecule has 6 rings (SSSR count). The van der Waals surface area contributed by atoms with E-state index in [4.69, 9.17) is 4.74 Å². The van der Waals surface area contributed by atoms with Crippen molar-refractivity contribution in [1.82, 2.24) is 10.3 Å². The minimum absolute atomic E-state index is 0.0342. The molecule has 1 fully saturated rings. The van der Waals surface area contributed by atoms with Crippen LogP contribution in [-0.4, -0.2) is 30.0 Å². The number of nitrogens with zero attached hydrogens (tertiary/aromatic N) is 2. The molecule has 2 aliphatic rings. The molecule has 1 atom stereocenters. The molecule has 0 saturated carbocycles. The van der Waals surface area contributed by atoms with Gasteiger partial charge in [-0.15, -0.1) is 0 Å². The first kappa shape index (κ1) is 22.5. The second kappa shape index (κ2) is 9.25. The number of benzene rings is 2. The van der Waals surface area contributed by atoms with Gasteiger partial charge in [-0.05, 0) is 68.3 Å². The van der Waals surface area contributed by atoms with E-state index in [-0.39, 0.29) is 17.9 Å². The van der Waals surface area contributed by atoms with Crippen LogP contribution in [0.4, 0.5) is 26.9 Å². The van der Waals surface area contributed by atoms with E-state index < -0.39 is 0 Å². The number of hydrogen-bond donors (Lipinski definition) is 3. The lowest BCUT2D eigenvalue weighted by molar-refractivity contribution is -0.120. The number of pyridine rings is 1. The van der Waals surface area contributed by atoms with Crippen LogP contribution in [-0.2, 0) is 4.79 Å². The first-order valence-electron chi connectivity index (χ1n) is 12.0. The normalized spacial score (nSPS) is 17.1. The number of amides is 3. The van der Waals surface area contributed by atoms with Crippen LogP contribution in [0.2, 0.25) is 0 Å². The van der Waals surface area contributed by atoms with Gasteiger partial charge >= 0.3 is 6.03 Å². The Hall–Kier alpha value is -3.95. The van der Waals surface area contributed by atoms with E-state index in [1.807, 2.05) is 61.5 Å². The number of thiophene rings is 1. The van der Waals surface area contributed by atoms with Crippen LogP contribution in [0.25, 0.3) is 10.2 Å².